The molecule has 7 aromatic carbocycles. The zero-order valence-electron chi connectivity index (χ0n) is 26.7. The summed E-state index contributed by atoms with van der Waals surface area (Å²) < 4.78 is 4.39. The normalized spacial score (nSPS) is 11.1. The Kier molecular flexibility index (Phi) is 6.56. The molecule has 0 atom stereocenters. The van der Waals surface area contributed by atoms with Crippen LogP contribution in [0.4, 0.5) is 5.69 Å². The number of para-hydroxylation sites is 4. The first-order valence-corrected chi connectivity index (χ1v) is 16.3. The van der Waals surface area contributed by atoms with Crippen LogP contribution >= 0.6 is 0 Å². The number of hydrogen-bond donors (Lipinski definition) is 0. The van der Waals surface area contributed by atoms with Gasteiger partial charge in [0.1, 0.15) is 0 Å². The van der Waals surface area contributed by atoms with Crippen molar-refractivity contribution < 1.29 is 0 Å². The van der Waals surface area contributed by atoms with Crippen LogP contribution in [0.1, 0.15) is 11.1 Å². The van der Waals surface area contributed by atoms with E-state index in [-0.39, 0.29) is 0 Å². The van der Waals surface area contributed by atoms with Gasteiger partial charge < -0.3 is 9.13 Å². The van der Waals surface area contributed by atoms with Gasteiger partial charge in [-0.25, -0.2) is 4.85 Å². The van der Waals surface area contributed by atoms with Crippen LogP contribution in [-0.2, 0) is 0 Å². The van der Waals surface area contributed by atoms with Crippen molar-refractivity contribution in [3.8, 4) is 45.8 Å². The van der Waals surface area contributed by atoms with Crippen LogP contribution in [0.5, 0.6) is 0 Å². The number of benzene rings is 7. The summed E-state index contributed by atoms with van der Waals surface area (Å²) >= 11 is 0. The van der Waals surface area contributed by atoms with Gasteiger partial charge in [0.15, 0.2) is 0 Å². The Hall–Kier alpha value is -7.39. The highest BCUT2D eigenvalue weighted by atomic mass is 15.0. The third-order valence-electron chi connectivity index (χ3n) is 9.55. The van der Waals surface area contributed by atoms with E-state index in [2.05, 4.69) is 98.9 Å². The van der Waals surface area contributed by atoms with Crippen molar-refractivity contribution in [3.05, 3.63) is 174 Å². The van der Waals surface area contributed by atoms with Gasteiger partial charge in [0.25, 0.3) is 0 Å². The van der Waals surface area contributed by atoms with Crippen molar-refractivity contribution in [2.45, 2.75) is 0 Å². The second kappa shape index (κ2) is 11.4. The zero-order chi connectivity index (χ0) is 33.8. The lowest BCUT2D eigenvalue weighted by Crippen LogP contribution is -1.98. The molecule has 230 valence electrons. The topological polar surface area (TPSA) is 61.8 Å². The monoisotopic (exact) mass is 635 g/mol. The summed E-state index contributed by atoms with van der Waals surface area (Å²) in [5.41, 5.74) is 11.5. The van der Waals surface area contributed by atoms with Crippen molar-refractivity contribution >= 4 is 49.3 Å². The summed E-state index contributed by atoms with van der Waals surface area (Å²) in [6.07, 6.45) is 0. The van der Waals surface area contributed by atoms with E-state index in [9.17, 15) is 10.5 Å². The van der Waals surface area contributed by atoms with E-state index in [0.29, 0.717) is 16.8 Å². The number of aromatic nitrogens is 2. The number of fused-ring (bicyclic) bond motifs is 6. The van der Waals surface area contributed by atoms with E-state index in [4.69, 9.17) is 6.57 Å². The molecule has 0 saturated heterocycles. The molecule has 0 aliphatic carbocycles. The van der Waals surface area contributed by atoms with E-state index in [1.165, 1.54) is 0 Å². The van der Waals surface area contributed by atoms with E-state index in [0.717, 1.165) is 77.2 Å². The molecule has 0 radical (unpaired) electrons. The molecule has 0 aliphatic rings. The Labute approximate surface area is 288 Å². The van der Waals surface area contributed by atoms with Gasteiger partial charge in [0.2, 0.25) is 5.69 Å². The molecule has 0 spiro atoms. The molecule has 0 bridgehead atoms. The smallest absolute Gasteiger partial charge is 0.211 e. The molecule has 9 aromatic rings. The molecule has 50 heavy (non-hydrogen) atoms. The van der Waals surface area contributed by atoms with E-state index >= 15 is 0 Å². The van der Waals surface area contributed by atoms with Gasteiger partial charge in [0.05, 0.1) is 57.6 Å². The predicted molar refractivity (Wildman–Crippen MR) is 202 cm³/mol. The minimum absolute atomic E-state index is 0.555. The van der Waals surface area contributed by atoms with Gasteiger partial charge in [-0.15, -0.1) is 0 Å². The van der Waals surface area contributed by atoms with E-state index < -0.39 is 0 Å². The molecule has 5 heteroatoms. The Bertz CT molecular complexity index is 2970. The molecule has 0 unspecified atom stereocenters. The van der Waals surface area contributed by atoms with Gasteiger partial charge in [0, 0.05) is 27.4 Å². The Morgan fingerprint density at radius 3 is 1.94 bits per heavy atom. The average Bonchev–Trinajstić information content (AvgIpc) is 3.70. The van der Waals surface area contributed by atoms with Crippen LogP contribution in [0, 0.1) is 29.2 Å². The maximum Gasteiger partial charge on any atom is 0.211 e. The molecule has 2 aromatic heterocycles. The zero-order valence-corrected chi connectivity index (χ0v) is 26.7. The largest absolute Gasteiger partial charge is 0.318 e. The Balaban J connectivity index is 1.24. The lowest BCUT2D eigenvalue weighted by molar-refractivity contribution is 1.18. The molecule has 0 aliphatic heterocycles. The van der Waals surface area contributed by atoms with Gasteiger partial charge in [-0.1, -0.05) is 91.0 Å². The molecule has 0 saturated carbocycles. The lowest BCUT2D eigenvalue weighted by atomic mass is 9.96. The van der Waals surface area contributed by atoms with Gasteiger partial charge in [-0.3, -0.25) is 0 Å². The number of rotatable bonds is 4. The minimum atomic E-state index is 0.555. The van der Waals surface area contributed by atoms with Gasteiger partial charge in [-0.2, -0.15) is 10.5 Å². The van der Waals surface area contributed by atoms with E-state index in [1.807, 2.05) is 78.9 Å². The fraction of sp³-hybridized carbons (Fsp3) is 0. The van der Waals surface area contributed by atoms with Crippen molar-refractivity contribution in [2.24, 2.45) is 0 Å². The highest BCUT2D eigenvalue weighted by Gasteiger charge is 2.19. The maximum absolute atomic E-state index is 10.2. The molecule has 0 amide bonds. The highest BCUT2D eigenvalue weighted by Crippen LogP contribution is 2.41. The molecule has 9 rings (SSSR count). The fourth-order valence-corrected chi connectivity index (χ4v) is 7.41. The second-order valence-electron chi connectivity index (χ2n) is 12.3. The third kappa shape index (κ3) is 4.38. The minimum Gasteiger partial charge on any atom is -0.318 e. The fourth-order valence-electron chi connectivity index (χ4n) is 7.41. The van der Waals surface area contributed by atoms with Crippen LogP contribution in [0.25, 0.3) is 82.1 Å². The molecule has 0 fully saturated rings. The quantitative estimate of drug-likeness (QED) is 0.181. The highest BCUT2D eigenvalue weighted by molar-refractivity contribution is 6.14. The summed E-state index contributed by atoms with van der Waals surface area (Å²) in [5, 5.41) is 24.0. The first-order chi connectivity index (χ1) is 24.7. The van der Waals surface area contributed by atoms with Crippen molar-refractivity contribution in [3.63, 3.8) is 0 Å². The first kappa shape index (κ1) is 28.8. The predicted octanol–water partition coefficient (Wildman–Crippen LogP) is 11.5. The van der Waals surface area contributed by atoms with Gasteiger partial charge >= 0.3 is 0 Å². The number of nitriles is 2. The van der Waals surface area contributed by atoms with Crippen LogP contribution in [-0.4, -0.2) is 9.13 Å². The lowest BCUT2D eigenvalue weighted by Gasteiger charge is -2.16. The number of hydrogen-bond acceptors (Lipinski definition) is 2. The van der Waals surface area contributed by atoms with Crippen LogP contribution in [0.3, 0.4) is 0 Å². The van der Waals surface area contributed by atoms with Crippen molar-refractivity contribution in [2.75, 3.05) is 0 Å². The summed E-state index contributed by atoms with van der Waals surface area (Å²) in [6.45, 7) is 7.98. The number of nitrogens with zero attached hydrogens (tertiary/aromatic N) is 5. The molecule has 5 nitrogen and oxygen atoms in total. The SMILES string of the molecule is [C-]#[N+]c1cccc2c3ccccc3n(-c3ccccc3-c3cccc(-c4cc(C#N)cc(-n5c6ccccc6c6cc(C#N)ccc65)c4)c3)c12. The first-order valence-electron chi connectivity index (χ1n) is 16.3. The van der Waals surface area contributed by atoms with E-state index in [1.54, 1.807) is 0 Å². The Morgan fingerprint density at radius 1 is 0.480 bits per heavy atom. The summed E-state index contributed by atoms with van der Waals surface area (Å²) in [6, 6.07) is 55.5. The average molecular weight is 636 g/mol. The molecular formula is C45H25N5. The summed E-state index contributed by atoms with van der Waals surface area (Å²) in [5.74, 6) is 0. The molecule has 0 N–H and O–H groups in total. The Morgan fingerprint density at radius 2 is 1.14 bits per heavy atom. The maximum atomic E-state index is 10.2. The van der Waals surface area contributed by atoms with Crippen LogP contribution in [0.2, 0.25) is 0 Å². The van der Waals surface area contributed by atoms with Crippen LogP contribution < -0.4 is 0 Å². The van der Waals surface area contributed by atoms with Crippen molar-refractivity contribution in [1.82, 2.24) is 9.13 Å². The third-order valence-corrected chi connectivity index (χ3v) is 9.55. The molecular weight excluding hydrogens is 611 g/mol. The summed E-state index contributed by atoms with van der Waals surface area (Å²) in [4.78, 5) is 3.91. The summed E-state index contributed by atoms with van der Waals surface area (Å²) in [7, 11) is 0. The second-order valence-corrected chi connectivity index (χ2v) is 12.3. The van der Waals surface area contributed by atoms with Crippen LogP contribution in [0.15, 0.2) is 152 Å². The van der Waals surface area contributed by atoms with Gasteiger partial charge in [-0.05, 0) is 82.7 Å². The standard InChI is InChI=1S/C45H25N5/c1-48-40-16-9-15-38-36-13-3-7-19-43(36)50(45(38)40)41-17-5-2-12-35(41)32-11-8-10-31(25-32)33-22-30(28-47)23-34(26-33)49-42-18-6-4-14-37(42)39-24-29(27-46)20-21-44(39)49/h2-26H. The van der Waals surface area contributed by atoms with Crippen molar-refractivity contribution in [1.29, 1.82) is 10.5 Å². The molecule has 2 heterocycles.